The number of allylic oxidation sites excluding steroid dienone is 2. The van der Waals surface area contributed by atoms with Gasteiger partial charge in [-0.3, -0.25) is 9.59 Å². The van der Waals surface area contributed by atoms with E-state index in [9.17, 15) is 9.59 Å². The number of rotatable bonds is 4. The molecule has 26 heavy (non-hydrogen) atoms. The molecule has 2 heterocycles. The van der Waals surface area contributed by atoms with Crippen molar-refractivity contribution in [1.82, 2.24) is 10.2 Å². The van der Waals surface area contributed by atoms with E-state index in [1.807, 2.05) is 48.6 Å². The van der Waals surface area contributed by atoms with E-state index in [1.54, 1.807) is 41.4 Å². The van der Waals surface area contributed by atoms with Crippen LogP contribution in [0.25, 0.3) is 0 Å². The predicted molar refractivity (Wildman–Crippen MR) is 99.3 cm³/mol. The van der Waals surface area contributed by atoms with Crippen LogP contribution in [0.1, 0.15) is 15.9 Å². The molecule has 1 N–H and O–H groups in total. The van der Waals surface area contributed by atoms with Crippen molar-refractivity contribution >= 4 is 17.6 Å². The third kappa shape index (κ3) is 2.73. The van der Waals surface area contributed by atoms with E-state index in [0.717, 1.165) is 5.56 Å². The molecule has 5 heteroatoms. The normalized spacial score (nSPS) is 20.7. The largest absolute Gasteiger partial charge is 0.321 e. The van der Waals surface area contributed by atoms with Gasteiger partial charge in [0.05, 0.1) is 0 Å². The van der Waals surface area contributed by atoms with Gasteiger partial charge >= 0.3 is 0 Å². The Morgan fingerprint density at radius 3 is 2.42 bits per heavy atom. The van der Waals surface area contributed by atoms with Crippen molar-refractivity contribution in [3.63, 3.8) is 0 Å². The van der Waals surface area contributed by atoms with Gasteiger partial charge < -0.3 is 10.2 Å². The molecule has 4 rings (SSSR count). The summed E-state index contributed by atoms with van der Waals surface area (Å²) in [6.45, 7) is 0. The molecule has 2 aromatic rings. The maximum Gasteiger partial charge on any atom is 0.295 e. The topological polar surface area (TPSA) is 61.8 Å². The van der Waals surface area contributed by atoms with E-state index in [-0.39, 0.29) is 11.8 Å². The van der Waals surface area contributed by atoms with Gasteiger partial charge in [-0.2, -0.15) is 4.99 Å². The minimum absolute atomic E-state index is 0.311. The number of amidine groups is 1. The minimum atomic E-state index is -1.27. The third-order valence-electron chi connectivity index (χ3n) is 4.48. The number of hydrogen-bond donors (Lipinski definition) is 1. The highest BCUT2D eigenvalue weighted by Gasteiger charge is 2.50. The number of fused-ring (bicyclic) bond motifs is 1. The van der Waals surface area contributed by atoms with Gasteiger partial charge in [0.25, 0.3) is 11.8 Å². The molecule has 0 saturated heterocycles. The summed E-state index contributed by atoms with van der Waals surface area (Å²) in [5.74, 6) is -0.159. The van der Waals surface area contributed by atoms with Crippen LogP contribution in [0.5, 0.6) is 0 Å². The maximum atomic E-state index is 12.9. The lowest BCUT2D eigenvalue weighted by Gasteiger charge is -2.37. The van der Waals surface area contributed by atoms with Crippen molar-refractivity contribution in [1.29, 1.82) is 0 Å². The zero-order valence-electron chi connectivity index (χ0n) is 14.0. The Morgan fingerprint density at radius 1 is 1.00 bits per heavy atom. The first-order valence-electron chi connectivity index (χ1n) is 8.38. The lowest BCUT2D eigenvalue weighted by molar-refractivity contribution is -0.126. The summed E-state index contributed by atoms with van der Waals surface area (Å²) in [7, 11) is 0. The summed E-state index contributed by atoms with van der Waals surface area (Å²) < 4.78 is 0. The fourth-order valence-corrected chi connectivity index (χ4v) is 3.21. The Bertz CT molecular complexity index is 932. The SMILES string of the molecule is O=C(NC1(Cc2ccccc2)C(=O)N=C2C=CC=CN21)c1ccccc1. The van der Waals surface area contributed by atoms with Gasteiger partial charge in [-0.1, -0.05) is 54.6 Å². The van der Waals surface area contributed by atoms with Crippen LogP contribution in [0.2, 0.25) is 0 Å². The van der Waals surface area contributed by atoms with Gasteiger partial charge in [0.15, 0.2) is 0 Å². The molecule has 2 aromatic carbocycles. The van der Waals surface area contributed by atoms with Crippen LogP contribution in [-0.2, 0) is 11.2 Å². The molecule has 5 nitrogen and oxygen atoms in total. The summed E-state index contributed by atoms with van der Waals surface area (Å²) in [6.07, 6.45) is 7.50. The first kappa shape index (κ1) is 16.0. The fourth-order valence-electron chi connectivity index (χ4n) is 3.21. The number of nitrogens with one attached hydrogen (secondary N) is 1. The molecular formula is C21H17N3O2. The fraction of sp³-hybridized carbons (Fsp3) is 0.0952. The monoisotopic (exact) mass is 343 g/mol. The molecule has 1 atom stereocenters. The van der Waals surface area contributed by atoms with E-state index >= 15 is 0 Å². The summed E-state index contributed by atoms with van der Waals surface area (Å²) in [6, 6.07) is 18.5. The average molecular weight is 343 g/mol. The highest BCUT2D eigenvalue weighted by atomic mass is 16.2. The van der Waals surface area contributed by atoms with Crippen molar-refractivity contribution in [2.75, 3.05) is 0 Å². The van der Waals surface area contributed by atoms with E-state index in [1.165, 1.54) is 0 Å². The van der Waals surface area contributed by atoms with E-state index in [0.29, 0.717) is 17.8 Å². The zero-order chi connectivity index (χ0) is 18.0. The van der Waals surface area contributed by atoms with Gasteiger partial charge in [-0.15, -0.1) is 0 Å². The third-order valence-corrected chi connectivity index (χ3v) is 4.48. The van der Waals surface area contributed by atoms with Gasteiger partial charge in [0, 0.05) is 18.2 Å². The Morgan fingerprint density at radius 2 is 1.69 bits per heavy atom. The first-order chi connectivity index (χ1) is 12.7. The molecule has 128 valence electrons. The van der Waals surface area contributed by atoms with Gasteiger partial charge in [0.2, 0.25) is 5.66 Å². The van der Waals surface area contributed by atoms with Crippen molar-refractivity contribution in [3.05, 3.63) is 96.2 Å². The molecule has 0 saturated carbocycles. The Balaban J connectivity index is 1.73. The highest BCUT2D eigenvalue weighted by Crippen LogP contribution is 2.29. The highest BCUT2D eigenvalue weighted by molar-refractivity contribution is 6.13. The number of hydrogen-bond acceptors (Lipinski definition) is 3. The number of benzene rings is 2. The number of nitrogens with zero attached hydrogens (tertiary/aromatic N) is 2. The van der Waals surface area contributed by atoms with Crippen LogP contribution >= 0.6 is 0 Å². The van der Waals surface area contributed by atoms with Crippen molar-refractivity contribution < 1.29 is 9.59 Å². The van der Waals surface area contributed by atoms with Crippen LogP contribution in [0.4, 0.5) is 0 Å². The van der Waals surface area contributed by atoms with Gasteiger partial charge in [-0.05, 0) is 29.8 Å². The second-order valence-electron chi connectivity index (χ2n) is 6.19. The second-order valence-corrected chi connectivity index (χ2v) is 6.19. The smallest absolute Gasteiger partial charge is 0.295 e. The molecule has 2 aliphatic heterocycles. The van der Waals surface area contributed by atoms with Crippen LogP contribution in [0.15, 0.2) is 90.1 Å². The molecule has 2 aliphatic rings. The van der Waals surface area contributed by atoms with E-state index in [4.69, 9.17) is 0 Å². The molecule has 0 fully saturated rings. The molecular weight excluding hydrogens is 326 g/mol. The lowest BCUT2D eigenvalue weighted by atomic mass is 9.96. The van der Waals surface area contributed by atoms with Crippen LogP contribution < -0.4 is 5.32 Å². The number of carbonyl (C=O) groups is 2. The summed E-state index contributed by atoms with van der Waals surface area (Å²) in [5.41, 5.74) is 0.163. The van der Waals surface area contributed by atoms with E-state index < -0.39 is 5.66 Å². The van der Waals surface area contributed by atoms with Crippen molar-refractivity contribution in [2.24, 2.45) is 4.99 Å². The summed E-state index contributed by atoms with van der Waals surface area (Å²) in [5, 5.41) is 2.94. The number of carbonyl (C=O) groups excluding carboxylic acids is 2. The molecule has 0 spiro atoms. The standard InChI is InChI=1S/C21H17N3O2/c25-19(17-11-5-2-6-12-17)23-21(15-16-9-3-1-4-10-16)20(26)22-18-13-7-8-14-24(18)21/h1-14H,15H2,(H,23,25). The van der Waals surface area contributed by atoms with Gasteiger partial charge in [-0.25, -0.2) is 0 Å². The van der Waals surface area contributed by atoms with E-state index in [2.05, 4.69) is 10.3 Å². The molecule has 0 bridgehead atoms. The molecule has 2 amide bonds. The Labute approximate surface area is 151 Å². The van der Waals surface area contributed by atoms with Crippen LogP contribution in [0, 0.1) is 0 Å². The van der Waals surface area contributed by atoms with Crippen LogP contribution in [-0.4, -0.2) is 28.2 Å². The summed E-state index contributed by atoms with van der Waals surface area (Å²) in [4.78, 5) is 31.7. The van der Waals surface area contributed by atoms with Crippen molar-refractivity contribution in [2.45, 2.75) is 12.1 Å². The molecule has 0 radical (unpaired) electrons. The zero-order valence-corrected chi connectivity index (χ0v) is 14.0. The number of aliphatic imine (C=N–C) groups is 1. The lowest BCUT2D eigenvalue weighted by Crippen LogP contribution is -2.63. The molecule has 0 aliphatic carbocycles. The predicted octanol–water partition coefficient (Wildman–Crippen LogP) is 2.68. The summed E-state index contributed by atoms with van der Waals surface area (Å²) >= 11 is 0. The minimum Gasteiger partial charge on any atom is -0.321 e. The Kier molecular flexibility index (Phi) is 3.97. The Hall–Kier alpha value is -3.47. The molecule has 0 aromatic heterocycles. The first-order valence-corrected chi connectivity index (χ1v) is 8.38. The number of amides is 2. The average Bonchev–Trinajstić information content (AvgIpc) is 2.95. The van der Waals surface area contributed by atoms with Gasteiger partial charge in [0.1, 0.15) is 5.84 Å². The van der Waals surface area contributed by atoms with Crippen LogP contribution in [0.3, 0.4) is 0 Å². The quantitative estimate of drug-likeness (QED) is 0.928. The second kappa shape index (κ2) is 6.44. The maximum absolute atomic E-state index is 12.9. The molecule has 1 unspecified atom stereocenters. The van der Waals surface area contributed by atoms with Crippen molar-refractivity contribution in [3.8, 4) is 0 Å².